The molecular weight excluding hydrogens is 508 g/mol. The average Bonchev–Trinajstić information content (AvgIpc) is 3.51. The molecule has 0 bridgehead atoms. The van der Waals surface area contributed by atoms with Crippen molar-refractivity contribution in [3.8, 4) is 5.69 Å². The van der Waals surface area contributed by atoms with Crippen LogP contribution in [0.2, 0.25) is 0 Å². The minimum Gasteiger partial charge on any atom is -0.380 e. The molecule has 0 radical (unpaired) electrons. The molecule has 2 atom stereocenters. The fourth-order valence-electron chi connectivity index (χ4n) is 4.01. The number of aliphatic hydroxyl groups is 1. The molecule has 1 fully saturated rings. The Labute approximate surface area is 212 Å². The van der Waals surface area contributed by atoms with Crippen LogP contribution in [0.25, 0.3) is 16.7 Å². The minimum atomic E-state index is -3.04. The standard InChI is InChI=1S/C23H21F2N7O6/c1-23(36,21(35)27-12-2-4-14-15(10-12)38-29-19(14)26)18-20(34)30(8-9-37-18)16-6-7-32(28-16)13-3-5-17(33)31(11-13)22(24)25/h2-7,10-11,18,22,36H,8-9H2,1H3,(H2,26,29)(H,27,35)/t18-,23?/m0/s1. The van der Waals surface area contributed by atoms with E-state index in [1.54, 1.807) is 6.07 Å². The number of hydrogen-bond donors (Lipinski definition) is 3. The monoisotopic (exact) mass is 529 g/mol. The highest BCUT2D eigenvalue weighted by molar-refractivity contribution is 6.06. The van der Waals surface area contributed by atoms with Crippen molar-refractivity contribution in [3.63, 3.8) is 0 Å². The first-order valence-corrected chi connectivity index (χ1v) is 11.2. The molecule has 4 aromatic rings. The van der Waals surface area contributed by atoms with Crippen LogP contribution in [-0.2, 0) is 14.3 Å². The SMILES string of the molecule is CC(O)(C(=O)Nc1ccc2c(N)noc2c1)[C@H]1OCCN(c2ccn(-c3ccc(=O)n(C(F)F)c3)n2)C1=O. The van der Waals surface area contributed by atoms with Gasteiger partial charge in [-0.2, -0.15) is 8.78 Å². The molecule has 38 heavy (non-hydrogen) atoms. The van der Waals surface area contributed by atoms with Crippen LogP contribution in [0.4, 0.5) is 26.1 Å². The zero-order valence-corrected chi connectivity index (χ0v) is 19.7. The van der Waals surface area contributed by atoms with E-state index in [0.29, 0.717) is 11.0 Å². The van der Waals surface area contributed by atoms with E-state index >= 15 is 0 Å². The molecule has 1 aliphatic rings. The molecule has 1 saturated heterocycles. The molecule has 13 nitrogen and oxygen atoms in total. The number of anilines is 3. The third kappa shape index (κ3) is 4.37. The molecule has 1 aliphatic heterocycles. The predicted octanol–water partition coefficient (Wildman–Crippen LogP) is 1.27. The Hall–Kier alpha value is -4.63. The topological polar surface area (TPSA) is 171 Å². The van der Waals surface area contributed by atoms with Gasteiger partial charge in [-0.1, -0.05) is 5.16 Å². The molecule has 2 amide bonds. The number of ether oxygens (including phenoxy) is 1. The summed E-state index contributed by atoms with van der Waals surface area (Å²) in [5.74, 6) is -1.34. The first kappa shape index (κ1) is 25.0. The van der Waals surface area contributed by atoms with Crippen LogP contribution in [-0.4, -0.2) is 61.3 Å². The van der Waals surface area contributed by atoms with Gasteiger partial charge in [0.25, 0.3) is 17.4 Å². The predicted molar refractivity (Wildman–Crippen MR) is 129 cm³/mol. The number of halogens is 2. The fraction of sp³-hybridized carbons (Fsp3) is 0.261. The van der Waals surface area contributed by atoms with Crippen LogP contribution in [0.1, 0.15) is 13.5 Å². The lowest BCUT2D eigenvalue weighted by Crippen LogP contribution is -2.61. The quantitative estimate of drug-likeness (QED) is 0.333. The van der Waals surface area contributed by atoms with Crippen molar-refractivity contribution in [3.05, 3.63) is 59.1 Å². The van der Waals surface area contributed by atoms with Gasteiger partial charge in [0.05, 0.1) is 24.2 Å². The maximum atomic E-state index is 13.3. The number of pyridine rings is 1. The van der Waals surface area contributed by atoms with Gasteiger partial charge < -0.3 is 25.4 Å². The second-order valence-corrected chi connectivity index (χ2v) is 8.65. The Bertz CT molecular complexity index is 1590. The van der Waals surface area contributed by atoms with Crippen LogP contribution in [0.15, 0.2) is 58.1 Å². The second kappa shape index (κ2) is 9.35. The Morgan fingerprint density at radius 2 is 2.05 bits per heavy atom. The number of nitrogens with one attached hydrogen (secondary N) is 1. The van der Waals surface area contributed by atoms with E-state index in [2.05, 4.69) is 15.6 Å². The number of nitrogens with zero attached hydrogens (tertiary/aromatic N) is 5. The number of benzene rings is 1. The van der Waals surface area contributed by atoms with Crippen molar-refractivity contribution in [1.82, 2.24) is 19.5 Å². The summed E-state index contributed by atoms with van der Waals surface area (Å²) >= 11 is 0. The zero-order valence-electron chi connectivity index (χ0n) is 19.7. The minimum absolute atomic E-state index is 0.0216. The normalized spacial score (nSPS) is 17.7. The van der Waals surface area contributed by atoms with Crippen LogP contribution >= 0.6 is 0 Å². The fourth-order valence-corrected chi connectivity index (χ4v) is 4.01. The van der Waals surface area contributed by atoms with Gasteiger partial charge in [-0.3, -0.25) is 23.9 Å². The third-order valence-corrected chi connectivity index (χ3v) is 6.07. The molecule has 198 valence electrons. The molecule has 1 unspecified atom stereocenters. The van der Waals surface area contributed by atoms with E-state index in [1.165, 1.54) is 40.0 Å². The highest BCUT2D eigenvalue weighted by Crippen LogP contribution is 2.27. The van der Waals surface area contributed by atoms with Gasteiger partial charge in [-0.05, 0) is 25.1 Å². The highest BCUT2D eigenvalue weighted by Gasteiger charge is 2.49. The summed E-state index contributed by atoms with van der Waals surface area (Å²) < 4.78 is 38.2. The van der Waals surface area contributed by atoms with E-state index < -0.39 is 35.6 Å². The highest BCUT2D eigenvalue weighted by atomic mass is 19.3. The first-order valence-electron chi connectivity index (χ1n) is 11.2. The van der Waals surface area contributed by atoms with Crippen LogP contribution in [0.5, 0.6) is 0 Å². The molecule has 0 spiro atoms. The summed E-state index contributed by atoms with van der Waals surface area (Å²) in [4.78, 5) is 39.1. The number of rotatable bonds is 6. The summed E-state index contributed by atoms with van der Waals surface area (Å²) in [5, 5.41) is 22.0. The van der Waals surface area contributed by atoms with Crippen LogP contribution in [0, 0.1) is 0 Å². The molecule has 0 saturated carbocycles. The molecule has 0 aliphatic carbocycles. The van der Waals surface area contributed by atoms with Crippen molar-refractivity contribution in [2.24, 2.45) is 0 Å². The van der Waals surface area contributed by atoms with Gasteiger partial charge in [-0.15, -0.1) is 5.10 Å². The molecular formula is C23H21F2N7O6. The van der Waals surface area contributed by atoms with Gasteiger partial charge >= 0.3 is 6.55 Å². The molecule has 5 rings (SSSR count). The van der Waals surface area contributed by atoms with Gasteiger partial charge in [0.15, 0.2) is 28.9 Å². The first-order chi connectivity index (χ1) is 18.1. The number of aromatic nitrogens is 4. The van der Waals surface area contributed by atoms with E-state index in [9.17, 15) is 28.3 Å². The Morgan fingerprint density at radius 3 is 2.82 bits per heavy atom. The van der Waals surface area contributed by atoms with Crippen molar-refractivity contribution in [2.75, 3.05) is 29.1 Å². The largest absolute Gasteiger partial charge is 0.380 e. The summed E-state index contributed by atoms with van der Waals surface area (Å²) in [7, 11) is 0. The Kier molecular flexibility index (Phi) is 6.16. The van der Waals surface area contributed by atoms with Crippen LogP contribution in [0.3, 0.4) is 0 Å². The van der Waals surface area contributed by atoms with Crippen molar-refractivity contribution in [1.29, 1.82) is 0 Å². The molecule has 15 heteroatoms. The van der Waals surface area contributed by atoms with Gasteiger partial charge in [-0.25, -0.2) is 4.68 Å². The summed E-state index contributed by atoms with van der Waals surface area (Å²) in [6.07, 6.45) is 0.777. The molecule has 1 aromatic carbocycles. The number of morpholine rings is 1. The molecule has 4 N–H and O–H groups in total. The number of carbonyl (C=O) groups excluding carboxylic acids is 2. The maximum Gasteiger partial charge on any atom is 0.321 e. The van der Waals surface area contributed by atoms with E-state index in [4.69, 9.17) is 15.0 Å². The number of carbonyl (C=O) groups is 2. The van der Waals surface area contributed by atoms with E-state index in [1.807, 2.05) is 0 Å². The average molecular weight is 529 g/mol. The number of nitrogens with two attached hydrogens (primary N) is 1. The van der Waals surface area contributed by atoms with E-state index in [0.717, 1.165) is 19.2 Å². The number of amides is 2. The summed E-state index contributed by atoms with van der Waals surface area (Å²) in [5.41, 5.74) is 3.26. The smallest absolute Gasteiger partial charge is 0.321 e. The maximum absolute atomic E-state index is 13.3. The second-order valence-electron chi connectivity index (χ2n) is 8.65. The zero-order chi connectivity index (χ0) is 27.2. The van der Waals surface area contributed by atoms with Gasteiger partial charge in [0.1, 0.15) is 0 Å². The Balaban J connectivity index is 1.34. The number of fused-ring (bicyclic) bond motifs is 1. The molecule has 3 aromatic heterocycles. The lowest BCUT2D eigenvalue weighted by atomic mass is 9.95. The van der Waals surface area contributed by atoms with Gasteiger partial charge in [0.2, 0.25) is 0 Å². The Morgan fingerprint density at radius 1 is 1.26 bits per heavy atom. The number of alkyl halides is 2. The van der Waals surface area contributed by atoms with Crippen LogP contribution < -0.4 is 21.5 Å². The lowest BCUT2D eigenvalue weighted by Gasteiger charge is -2.37. The van der Waals surface area contributed by atoms with Gasteiger partial charge in [0, 0.05) is 36.3 Å². The van der Waals surface area contributed by atoms with Crippen molar-refractivity contribution >= 4 is 40.1 Å². The van der Waals surface area contributed by atoms with Crippen molar-refractivity contribution < 1.29 is 32.7 Å². The number of hydrogen-bond acceptors (Lipinski definition) is 9. The lowest BCUT2D eigenvalue weighted by molar-refractivity contribution is -0.165. The number of nitrogen functional groups attached to an aromatic ring is 1. The van der Waals surface area contributed by atoms with E-state index in [-0.39, 0.29) is 40.7 Å². The summed E-state index contributed by atoms with van der Waals surface area (Å²) in [6.45, 7) is -1.86. The third-order valence-electron chi connectivity index (χ3n) is 6.07. The molecule has 4 heterocycles. The summed E-state index contributed by atoms with van der Waals surface area (Å²) in [6, 6.07) is 8.31. The van der Waals surface area contributed by atoms with Crippen molar-refractivity contribution in [2.45, 2.75) is 25.2 Å².